The van der Waals surface area contributed by atoms with Crippen LogP contribution in [-0.2, 0) is 11.2 Å². The first-order valence-corrected chi connectivity index (χ1v) is 13.7. The number of nitrogens with zero attached hydrogens (tertiary/aromatic N) is 1. The minimum atomic E-state index is -9.11. The summed E-state index contributed by atoms with van der Waals surface area (Å²) in [7, 11) is 0. The molecule has 51 heavy (non-hydrogen) atoms. The van der Waals surface area contributed by atoms with Gasteiger partial charge >= 0.3 is 65.7 Å². The molecule has 0 amide bonds. The summed E-state index contributed by atoms with van der Waals surface area (Å²) in [5.74, 6) is -78.3. The lowest BCUT2D eigenvalue weighted by atomic mass is 9.86. The molecule has 0 fully saturated rings. The van der Waals surface area contributed by atoms with Gasteiger partial charge in [0.05, 0.1) is 11.3 Å². The van der Waals surface area contributed by atoms with Crippen LogP contribution in [0.1, 0.15) is 42.1 Å². The van der Waals surface area contributed by atoms with Crippen molar-refractivity contribution in [1.29, 1.82) is 0 Å². The van der Waals surface area contributed by atoms with Crippen molar-refractivity contribution >= 4 is 5.97 Å². The highest BCUT2D eigenvalue weighted by molar-refractivity contribution is 5.90. The average Bonchev–Trinajstić information content (AvgIpc) is 3.03. The summed E-state index contributed by atoms with van der Waals surface area (Å²) >= 11 is 0. The van der Waals surface area contributed by atoms with Crippen LogP contribution in [0.3, 0.4) is 0 Å². The summed E-state index contributed by atoms with van der Waals surface area (Å²) in [5, 5.41) is 0. The van der Waals surface area contributed by atoms with Crippen LogP contribution in [0.25, 0.3) is 11.3 Å². The normalized spacial score (nSPS) is 14.6. The van der Waals surface area contributed by atoms with Gasteiger partial charge in [-0.3, -0.25) is 4.98 Å². The van der Waals surface area contributed by atoms with Crippen molar-refractivity contribution in [2.24, 2.45) is 0 Å². The monoisotopic (exact) mass is 783 g/mol. The molecule has 0 radical (unpaired) electrons. The Balaban J connectivity index is 2.33. The minimum Gasteiger partial charge on any atom is -0.455 e. The Labute approximate surface area is 272 Å². The Morgan fingerprint density at radius 2 is 1.08 bits per heavy atom. The molecule has 0 saturated heterocycles. The summed E-state index contributed by atoms with van der Waals surface area (Å²) in [6.07, 6.45) is -1.20. The lowest BCUT2D eigenvalue weighted by molar-refractivity contribution is -0.465. The molecule has 0 saturated carbocycles. The number of hydrogen-bond acceptors (Lipinski definition) is 3. The highest BCUT2D eigenvalue weighted by atomic mass is 19.4. The first-order chi connectivity index (χ1) is 22.8. The van der Waals surface area contributed by atoms with Gasteiger partial charge in [0, 0.05) is 11.8 Å². The average molecular weight is 783 g/mol. The molecule has 0 N–H and O–H groups in total. The second-order valence-electron chi connectivity index (χ2n) is 10.8. The van der Waals surface area contributed by atoms with Gasteiger partial charge in [-0.15, -0.1) is 0 Å². The molecule has 2 aromatic rings. The highest BCUT2D eigenvalue weighted by Crippen LogP contribution is 2.65. The first kappa shape index (κ1) is 43.6. The Hall–Kier alpha value is -3.56. The summed E-state index contributed by atoms with van der Waals surface area (Å²) in [6, 6.07) is 6.85. The summed E-state index contributed by atoms with van der Waals surface area (Å²) in [4.78, 5) is 16.2. The minimum absolute atomic E-state index is 0.240. The molecule has 290 valence electrons. The maximum Gasteiger partial charge on any atom is 0.385 e. The Bertz CT molecular complexity index is 1490. The molecule has 0 aliphatic carbocycles. The van der Waals surface area contributed by atoms with E-state index in [1.165, 1.54) is 12.3 Å². The number of benzene rings is 1. The molecule has 0 spiro atoms. The number of pyridine rings is 1. The molecule has 0 atom stereocenters. The number of aryl methyl sites for hydroxylation is 1. The standard InChI is InChI=1S/C28H21F20NO2/c1-2-3-4-5-14-6-11-17(49-12-14)15-7-9-16(10-8-15)18(50)51-13-20(31,32)22(35,36)24(39,40)26(43,44)28(47,48)27(45,46)25(41,42)23(37,38)21(33,34)19(29)30/h6-12,19H,2-5,13H2,1H3. The Morgan fingerprint density at radius 3 is 1.49 bits per heavy atom. The smallest absolute Gasteiger partial charge is 0.385 e. The number of halogens is 20. The topological polar surface area (TPSA) is 39.2 Å². The molecule has 1 aromatic heterocycles. The summed E-state index contributed by atoms with van der Waals surface area (Å²) in [6.45, 7) is -1.46. The number of ether oxygens (including phenoxy) is 1. The van der Waals surface area contributed by atoms with Crippen molar-refractivity contribution in [2.45, 2.75) is 92.3 Å². The lowest BCUT2D eigenvalue weighted by Crippen LogP contribution is -2.76. The van der Waals surface area contributed by atoms with E-state index in [0.29, 0.717) is 6.42 Å². The largest absolute Gasteiger partial charge is 0.455 e. The number of carbonyl (C=O) groups is 1. The van der Waals surface area contributed by atoms with Crippen LogP contribution < -0.4 is 0 Å². The van der Waals surface area contributed by atoms with E-state index in [4.69, 9.17) is 0 Å². The molecular formula is C28H21F20NO2. The predicted octanol–water partition coefficient (Wildman–Crippen LogP) is 10.6. The van der Waals surface area contributed by atoms with Crippen molar-refractivity contribution < 1.29 is 97.3 Å². The molecule has 3 nitrogen and oxygen atoms in total. The van der Waals surface area contributed by atoms with Crippen LogP contribution in [0.5, 0.6) is 0 Å². The Morgan fingerprint density at radius 1 is 0.627 bits per heavy atom. The van der Waals surface area contributed by atoms with Gasteiger partial charge in [-0.05, 0) is 36.6 Å². The van der Waals surface area contributed by atoms with E-state index in [0.717, 1.165) is 49.1 Å². The van der Waals surface area contributed by atoms with E-state index in [9.17, 15) is 92.6 Å². The second kappa shape index (κ2) is 14.1. The number of carbonyl (C=O) groups excluding carboxylic acids is 1. The van der Waals surface area contributed by atoms with Crippen molar-refractivity contribution in [3.63, 3.8) is 0 Å². The third-order valence-electron chi connectivity index (χ3n) is 7.21. The van der Waals surface area contributed by atoms with Crippen LogP contribution in [0, 0.1) is 0 Å². The number of esters is 1. The second-order valence-corrected chi connectivity index (χ2v) is 10.8. The molecule has 0 unspecified atom stereocenters. The van der Waals surface area contributed by atoms with Crippen LogP contribution in [0.2, 0.25) is 0 Å². The molecule has 1 aromatic carbocycles. The van der Waals surface area contributed by atoms with Gasteiger partial charge < -0.3 is 4.74 Å². The zero-order chi connectivity index (χ0) is 39.9. The summed E-state index contributed by atoms with van der Waals surface area (Å²) in [5.41, 5.74) is 0.528. The number of unbranched alkanes of at least 4 members (excludes halogenated alkanes) is 2. The van der Waals surface area contributed by atoms with Gasteiger partial charge in [0.15, 0.2) is 6.61 Å². The molecule has 2 rings (SSSR count). The fourth-order valence-electron chi connectivity index (χ4n) is 3.99. The SMILES string of the molecule is CCCCCc1ccc(-c2ccc(C(=O)OCC(F)(F)C(F)(F)C(F)(F)C(F)(F)C(F)(F)C(F)(F)C(F)(F)C(F)(F)C(F)(F)C(F)F)cc2)nc1. The highest BCUT2D eigenvalue weighted by Gasteiger charge is 2.96. The van der Waals surface area contributed by atoms with Crippen LogP contribution in [-0.4, -0.2) is 77.3 Å². The number of alkyl halides is 20. The van der Waals surface area contributed by atoms with Crippen LogP contribution >= 0.6 is 0 Å². The zero-order valence-corrected chi connectivity index (χ0v) is 25.0. The number of rotatable bonds is 17. The molecule has 23 heteroatoms. The Kier molecular flexibility index (Phi) is 12.1. The molecule has 0 aliphatic rings. The van der Waals surface area contributed by atoms with Crippen LogP contribution in [0.4, 0.5) is 87.8 Å². The van der Waals surface area contributed by atoms with Crippen molar-refractivity contribution in [3.8, 4) is 11.3 Å². The maximum absolute atomic E-state index is 14.1. The number of hydrogen-bond donors (Lipinski definition) is 0. The van der Waals surface area contributed by atoms with Crippen molar-refractivity contribution in [1.82, 2.24) is 4.98 Å². The van der Waals surface area contributed by atoms with Gasteiger partial charge in [-0.1, -0.05) is 38.0 Å². The van der Waals surface area contributed by atoms with Crippen molar-refractivity contribution in [3.05, 3.63) is 53.7 Å². The van der Waals surface area contributed by atoms with E-state index in [1.807, 2.05) is 6.92 Å². The first-order valence-electron chi connectivity index (χ1n) is 13.7. The van der Waals surface area contributed by atoms with Crippen LogP contribution in [0.15, 0.2) is 42.6 Å². The maximum atomic E-state index is 14.1. The van der Waals surface area contributed by atoms with E-state index in [1.54, 1.807) is 6.07 Å². The van der Waals surface area contributed by atoms with Gasteiger partial charge in [-0.25, -0.2) is 13.6 Å². The fourth-order valence-corrected chi connectivity index (χ4v) is 3.99. The summed E-state index contributed by atoms with van der Waals surface area (Å²) < 4.78 is 275. The van der Waals surface area contributed by atoms with E-state index < -0.39 is 77.9 Å². The predicted molar refractivity (Wildman–Crippen MR) is 134 cm³/mol. The molecule has 0 bridgehead atoms. The van der Waals surface area contributed by atoms with E-state index >= 15 is 0 Å². The lowest BCUT2D eigenvalue weighted by Gasteiger charge is -2.44. The van der Waals surface area contributed by atoms with Gasteiger partial charge in [0.25, 0.3) is 0 Å². The third-order valence-corrected chi connectivity index (χ3v) is 7.21. The number of aromatic nitrogens is 1. The van der Waals surface area contributed by atoms with Gasteiger partial charge in [0.1, 0.15) is 0 Å². The molecule has 1 heterocycles. The van der Waals surface area contributed by atoms with E-state index in [2.05, 4.69) is 9.72 Å². The quantitative estimate of drug-likeness (QED) is 0.0911. The third kappa shape index (κ3) is 7.13. The van der Waals surface area contributed by atoms with E-state index in [-0.39, 0.29) is 11.3 Å². The van der Waals surface area contributed by atoms with Gasteiger partial charge in [0.2, 0.25) is 0 Å². The molecule has 0 aliphatic heterocycles. The molecular weight excluding hydrogens is 762 g/mol. The fraction of sp³-hybridized carbons (Fsp3) is 0.571. The van der Waals surface area contributed by atoms with Gasteiger partial charge in [-0.2, -0.15) is 79.0 Å². The zero-order valence-electron chi connectivity index (χ0n) is 25.0. The van der Waals surface area contributed by atoms with Crippen molar-refractivity contribution in [2.75, 3.05) is 6.61 Å².